The minimum atomic E-state index is -0.680. The van der Waals surface area contributed by atoms with Crippen LogP contribution in [-0.4, -0.2) is 49.9 Å². The van der Waals surface area contributed by atoms with Crippen LogP contribution in [0.3, 0.4) is 0 Å². The van der Waals surface area contributed by atoms with Crippen molar-refractivity contribution < 1.29 is 33.3 Å². The molecule has 0 aliphatic carbocycles. The maximum Gasteiger partial charge on any atom is 0.303 e. The largest absolute Gasteiger partial charge is 0.462 e. The Morgan fingerprint density at radius 3 is 1.47 bits per heavy atom. The standard InChI is InChI=1S/C25H46O7/c1-5-6-7-8-9-10-11-12-13-14-15-16-17-24(31-22(3)27)18-29-19-25(32-23(4)28)20-30-21(2)26/h24-25H,5-20H2,1-4H3. The van der Waals surface area contributed by atoms with E-state index in [2.05, 4.69) is 6.92 Å². The second-order valence-electron chi connectivity index (χ2n) is 8.48. The molecule has 0 aliphatic heterocycles. The third-order valence-electron chi connectivity index (χ3n) is 5.12. The zero-order chi connectivity index (χ0) is 24.0. The van der Waals surface area contributed by atoms with Crippen LogP contribution in [0.25, 0.3) is 0 Å². The Hall–Kier alpha value is -1.63. The Balaban J connectivity index is 3.98. The van der Waals surface area contributed by atoms with Crippen molar-refractivity contribution in [1.29, 1.82) is 0 Å². The quantitative estimate of drug-likeness (QED) is 0.127. The first-order valence-electron chi connectivity index (χ1n) is 12.4. The summed E-state index contributed by atoms with van der Waals surface area (Å²) in [5.41, 5.74) is 0. The fraction of sp³-hybridized carbons (Fsp3) is 0.880. The predicted molar refractivity (Wildman–Crippen MR) is 124 cm³/mol. The van der Waals surface area contributed by atoms with Crippen LogP contribution in [0.4, 0.5) is 0 Å². The fourth-order valence-electron chi connectivity index (χ4n) is 3.52. The van der Waals surface area contributed by atoms with Crippen LogP contribution < -0.4 is 0 Å². The Kier molecular flexibility index (Phi) is 20.1. The van der Waals surface area contributed by atoms with E-state index in [9.17, 15) is 14.4 Å². The van der Waals surface area contributed by atoms with Crippen molar-refractivity contribution in [2.75, 3.05) is 19.8 Å². The molecular formula is C25H46O7. The van der Waals surface area contributed by atoms with E-state index >= 15 is 0 Å². The molecule has 0 saturated heterocycles. The number of rotatable bonds is 21. The monoisotopic (exact) mass is 458 g/mol. The summed E-state index contributed by atoms with van der Waals surface area (Å²) in [6.45, 7) is 6.44. The highest BCUT2D eigenvalue weighted by molar-refractivity contribution is 5.67. The number of ether oxygens (including phenoxy) is 4. The maximum absolute atomic E-state index is 11.4. The first-order chi connectivity index (χ1) is 15.3. The van der Waals surface area contributed by atoms with Gasteiger partial charge in [-0.05, 0) is 12.8 Å². The highest BCUT2D eigenvalue weighted by Crippen LogP contribution is 2.14. The van der Waals surface area contributed by atoms with E-state index in [-0.39, 0.29) is 31.9 Å². The third-order valence-corrected chi connectivity index (χ3v) is 5.12. The molecule has 32 heavy (non-hydrogen) atoms. The molecule has 0 aromatic rings. The van der Waals surface area contributed by atoms with Gasteiger partial charge in [-0.3, -0.25) is 14.4 Å². The highest BCUT2D eigenvalue weighted by Gasteiger charge is 2.17. The summed E-state index contributed by atoms with van der Waals surface area (Å²) < 4.78 is 20.9. The molecule has 2 atom stereocenters. The molecule has 0 aromatic carbocycles. The van der Waals surface area contributed by atoms with Gasteiger partial charge in [0.1, 0.15) is 12.7 Å². The molecule has 2 unspecified atom stereocenters. The molecule has 188 valence electrons. The Labute approximate surface area is 194 Å². The van der Waals surface area contributed by atoms with Crippen molar-refractivity contribution in [2.45, 2.75) is 123 Å². The number of hydrogen-bond acceptors (Lipinski definition) is 7. The molecule has 0 rings (SSSR count). The van der Waals surface area contributed by atoms with Crippen LogP contribution in [0.2, 0.25) is 0 Å². The maximum atomic E-state index is 11.4. The summed E-state index contributed by atoms with van der Waals surface area (Å²) in [6, 6.07) is 0. The average molecular weight is 459 g/mol. The van der Waals surface area contributed by atoms with E-state index < -0.39 is 18.0 Å². The van der Waals surface area contributed by atoms with Gasteiger partial charge >= 0.3 is 17.9 Å². The first-order valence-corrected chi connectivity index (χ1v) is 12.4. The average Bonchev–Trinajstić information content (AvgIpc) is 2.71. The van der Waals surface area contributed by atoms with E-state index in [4.69, 9.17) is 18.9 Å². The van der Waals surface area contributed by atoms with Crippen molar-refractivity contribution in [3.05, 3.63) is 0 Å². The summed E-state index contributed by atoms with van der Waals surface area (Å²) in [5.74, 6) is -1.26. The van der Waals surface area contributed by atoms with Crippen LogP contribution in [0, 0.1) is 0 Å². The van der Waals surface area contributed by atoms with Crippen molar-refractivity contribution in [1.82, 2.24) is 0 Å². The van der Waals surface area contributed by atoms with Crippen molar-refractivity contribution >= 4 is 17.9 Å². The molecule has 7 heteroatoms. The van der Waals surface area contributed by atoms with Crippen LogP contribution in [0.1, 0.15) is 111 Å². The van der Waals surface area contributed by atoms with Gasteiger partial charge in [0.05, 0.1) is 13.2 Å². The Morgan fingerprint density at radius 1 is 0.562 bits per heavy atom. The molecule has 7 nitrogen and oxygen atoms in total. The number of carbonyl (C=O) groups excluding carboxylic acids is 3. The molecule has 0 heterocycles. The van der Waals surface area contributed by atoms with Gasteiger partial charge in [0.15, 0.2) is 6.10 Å². The topological polar surface area (TPSA) is 88.1 Å². The van der Waals surface area contributed by atoms with Crippen molar-refractivity contribution in [3.63, 3.8) is 0 Å². The molecule has 0 fully saturated rings. The van der Waals surface area contributed by atoms with Gasteiger partial charge in [0.2, 0.25) is 0 Å². The summed E-state index contributed by atoms with van der Waals surface area (Å²) >= 11 is 0. The Morgan fingerprint density at radius 2 is 1.00 bits per heavy atom. The van der Waals surface area contributed by atoms with Crippen molar-refractivity contribution in [2.24, 2.45) is 0 Å². The van der Waals surface area contributed by atoms with Crippen LogP contribution in [0.15, 0.2) is 0 Å². The number of esters is 3. The SMILES string of the molecule is CCCCCCCCCCCCCCC(COCC(COC(C)=O)OC(C)=O)OC(C)=O. The van der Waals surface area contributed by atoms with Gasteiger partial charge in [-0.1, -0.05) is 77.6 Å². The van der Waals surface area contributed by atoms with E-state index in [1.54, 1.807) is 0 Å². The number of hydrogen-bond donors (Lipinski definition) is 0. The van der Waals surface area contributed by atoms with Gasteiger partial charge in [-0.15, -0.1) is 0 Å². The molecule has 0 spiro atoms. The highest BCUT2D eigenvalue weighted by atomic mass is 16.6. The lowest BCUT2D eigenvalue weighted by Gasteiger charge is -2.20. The second kappa shape index (κ2) is 21.2. The predicted octanol–water partition coefficient (Wildman–Crippen LogP) is 5.52. The normalized spacial score (nSPS) is 12.8. The fourth-order valence-corrected chi connectivity index (χ4v) is 3.52. The van der Waals surface area contributed by atoms with Gasteiger partial charge < -0.3 is 18.9 Å². The molecule has 0 amide bonds. The van der Waals surface area contributed by atoms with E-state index in [0.717, 1.165) is 19.3 Å². The molecule has 0 aromatic heterocycles. The van der Waals surface area contributed by atoms with Gasteiger partial charge in [0, 0.05) is 20.8 Å². The summed E-state index contributed by atoms with van der Waals surface area (Å²) in [6.07, 6.45) is 15.0. The third kappa shape index (κ3) is 21.6. The first kappa shape index (κ1) is 30.4. The lowest BCUT2D eigenvalue weighted by molar-refractivity contribution is -0.162. The summed E-state index contributed by atoms with van der Waals surface area (Å²) in [4.78, 5) is 33.6. The minimum Gasteiger partial charge on any atom is -0.462 e. The zero-order valence-electron chi connectivity index (χ0n) is 20.8. The van der Waals surface area contributed by atoms with Crippen LogP contribution in [0.5, 0.6) is 0 Å². The van der Waals surface area contributed by atoms with Crippen LogP contribution >= 0.6 is 0 Å². The molecule has 0 N–H and O–H groups in total. The van der Waals surface area contributed by atoms with E-state index in [1.165, 1.54) is 85.0 Å². The van der Waals surface area contributed by atoms with Gasteiger partial charge in [0.25, 0.3) is 0 Å². The lowest BCUT2D eigenvalue weighted by Crippen LogP contribution is -2.31. The van der Waals surface area contributed by atoms with Crippen LogP contribution in [-0.2, 0) is 33.3 Å². The van der Waals surface area contributed by atoms with Gasteiger partial charge in [-0.2, -0.15) is 0 Å². The molecule has 0 radical (unpaired) electrons. The number of unbranched alkanes of at least 4 members (excludes halogenated alkanes) is 11. The summed E-state index contributed by atoms with van der Waals surface area (Å²) in [5, 5.41) is 0. The van der Waals surface area contributed by atoms with Gasteiger partial charge in [-0.25, -0.2) is 0 Å². The summed E-state index contributed by atoms with van der Waals surface area (Å²) in [7, 11) is 0. The molecular weight excluding hydrogens is 412 g/mol. The second-order valence-corrected chi connectivity index (χ2v) is 8.48. The zero-order valence-corrected chi connectivity index (χ0v) is 20.8. The molecule has 0 bridgehead atoms. The van der Waals surface area contributed by atoms with E-state index in [1.807, 2.05) is 0 Å². The number of carbonyl (C=O) groups is 3. The van der Waals surface area contributed by atoms with Crippen molar-refractivity contribution in [3.8, 4) is 0 Å². The minimum absolute atomic E-state index is 0.0636. The van der Waals surface area contributed by atoms with E-state index in [0.29, 0.717) is 0 Å². The smallest absolute Gasteiger partial charge is 0.303 e. The Bertz CT molecular complexity index is 493. The molecule has 0 saturated carbocycles. The lowest BCUT2D eigenvalue weighted by atomic mass is 10.0. The molecule has 0 aliphatic rings.